The first kappa shape index (κ1) is 13.0. The number of aliphatic imine (C=N–C) groups is 1. The number of esters is 1. The zero-order valence-electron chi connectivity index (χ0n) is 10.7. The molecule has 0 saturated heterocycles. The Morgan fingerprint density at radius 2 is 1.68 bits per heavy atom. The number of ether oxygens (including phenoxy) is 1. The van der Waals surface area contributed by atoms with Crippen molar-refractivity contribution in [2.45, 2.75) is 0 Å². The van der Waals surface area contributed by atoms with E-state index in [1.165, 1.54) is 12.7 Å². The maximum Gasteiger partial charge on any atom is 0.327 e. The number of carbonyl (C=O) groups excluding carboxylic acids is 1. The van der Waals surface area contributed by atoms with Gasteiger partial charge in [0.05, 0.1) is 7.11 Å². The second-order valence-corrected chi connectivity index (χ2v) is 4.03. The van der Waals surface area contributed by atoms with Crippen LogP contribution in [0.1, 0.15) is 5.56 Å². The van der Waals surface area contributed by atoms with Crippen LogP contribution < -0.4 is 0 Å². The van der Waals surface area contributed by atoms with Gasteiger partial charge >= 0.3 is 5.97 Å². The first-order valence-corrected chi connectivity index (χ1v) is 6.02. The van der Waals surface area contributed by atoms with Crippen LogP contribution in [0.5, 0.6) is 0 Å². The number of hydrogen-bond acceptors (Lipinski definition) is 3. The minimum absolute atomic E-state index is 0.0525. The molecule has 0 saturated carbocycles. The summed E-state index contributed by atoms with van der Waals surface area (Å²) < 4.78 is 4.51. The number of hydrogen-bond donors (Lipinski definition) is 0. The van der Waals surface area contributed by atoms with Crippen molar-refractivity contribution < 1.29 is 9.53 Å². The molecule has 96 valence electrons. The summed E-state index contributed by atoms with van der Waals surface area (Å²) in [5, 5.41) is 0. The van der Waals surface area contributed by atoms with Gasteiger partial charge in [-0.1, -0.05) is 54.6 Å². The second kappa shape index (κ2) is 6.50. The molecule has 0 aliphatic rings. The molecule has 19 heavy (non-hydrogen) atoms. The summed E-state index contributed by atoms with van der Waals surface area (Å²) in [5.74, 6) is -0.336. The Morgan fingerprint density at radius 1 is 1.05 bits per heavy atom. The Morgan fingerprint density at radius 3 is 2.32 bits per heavy atom. The summed E-state index contributed by atoms with van der Waals surface area (Å²) in [6, 6.07) is 18.2. The van der Waals surface area contributed by atoms with E-state index < -0.39 is 0 Å². The van der Waals surface area contributed by atoms with Gasteiger partial charge in [0.1, 0.15) is 6.54 Å². The van der Waals surface area contributed by atoms with E-state index in [2.05, 4.69) is 21.9 Å². The third-order valence-corrected chi connectivity index (χ3v) is 2.71. The summed E-state index contributed by atoms with van der Waals surface area (Å²) in [6.07, 6.45) is 1.67. The Balaban J connectivity index is 2.05. The molecule has 2 rings (SSSR count). The van der Waals surface area contributed by atoms with Gasteiger partial charge in [-0.25, -0.2) is 0 Å². The van der Waals surface area contributed by atoms with E-state index in [1.54, 1.807) is 6.21 Å². The Labute approximate surface area is 112 Å². The average molecular weight is 253 g/mol. The van der Waals surface area contributed by atoms with Crippen LogP contribution in [-0.4, -0.2) is 25.8 Å². The lowest BCUT2D eigenvalue weighted by atomic mass is 10.0. The first-order valence-electron chi connectivity index (χ1n) is 6.02. The predicted octanol–water partition coefficient (Wildman–Crippen LogP) is 2.95. The van der Waals surface area contributed by atoms with Crippen molar-refractivity contribution in [1.82, 2.24) is 0 Å². The Bertz CT molecular complexity index is 559. The van der Waals surface area contributed by atoms with Gasteiger partial charge in [0.25, 0.3) is 0 Å². The maximum atomic E-state index is 10.9. The fraction of sp³-hybridized carbons (Fsp3) is 0.125. The van der Waals surface area contributed by atoms with Crippen molar-refractivity contribution in [3.63, 3.8) is 0 Å². The highest BCUT2D eigenvalue weighted by Crippen LogP contribution is 2.18. The minimum Gasteiger partial charge on any atom is -0.468 e. The largest absolute Gasteiger partial charge is 0.468 e. The molecule has 2 aromatic rings. The summed E-state index contributed by atoms with van der Waals surface area (Å²) in [5.41, 5.74) is 3.30. The van der Waals surface area contributed by atoms with Crippen molar-refractivity contribution in [3.8, 4) is 11.1 Å². The van der Waals surface area contributed by atoms with E-state index in [-0.39, 0.29) is 12.5 Å². The van der Waals surface area contributed by atoms with E-state index in [1.807, 2.05) is 42.5 Å². The van der Waals surface area contributed by atoms with Gasteiger partial charge in [-0.3, -0.25) is 9.79 Å². The highest BCUT2D eigenvalue weighted by atomic mass is 16.5. The summed E-state index contributed by atoms with van der Waals surface area (Å²) in [4.78, 5) is 14.9. The summed E-state index contributed by atoms with van der Waals surface area (Å²) in [7, 11) is 1.35. The topological polar surface area (TPSA) is 38.7 Å². The predicted molar refractivity (Wildman–Crippen MR) is 76.4 cm³/mol. The third kappa shape index (κ3) is 3.78. The van der Waals surface area contributed by atoms with Crippen LogP contribution >= 0.6 is 0 Å². The zero-order chi connectivity index (χ0) is 13.5. The molecular formula is C16H15NO2. The summed E-state index contributed by atoms with van der Waals surface area (Å²) >= 11 is 0. The zero-order valence-corrected chi connectivity index (χ0v) is 10.7. The van der Waals surface area contributed by atoms with Crippen LogP contribution in [0.15, 0.2) is 59.6 Å². The summed E-state index contributed by atoms with van der Waals surface area (Å²) in [6.45, 7) is 0.0525. The maximum absolute atomic E-state index is 10.9. The SMILES string of the molecule is COC(=O)CN=Cc1ccc(-c2ccccc2)cc1. The monoisotopic (exact) mass is 253 g/mol. The Kier molecular flexibility index (Phi) is 4.45. The van der Waals surface area contributed by atoms with Crippen LogP contribution in [0.25, 0.3) is 11.1 Å². The number of nitrogens with zero attached hydrogens (tertiary/aromatic N) is 1. The molecule has 3 heteroatoms. The molecule has 0 aliphatic heterocycles. The van der Waals surface area contributed by atoms with Crippen LogP contribution in [0.3, 0.4) is 0 Å². The number of carbonyl (C=O) groups is 1. The van der Waals surface area contributed by atoms with Gasteiger partial charge in [0, 0.05) is 6.21 Å². The minimum atomic E-state index is -0.336. The number of benzene rings is 2. The molecule has 2 aromatic carbocycles. The smallest absolute Gasteiger partial charge is 0.327 e. The van der Waals surface area contributed by atoms with Crippen LogP contribution in [0.4, 0.5) is 0 Å². The van der Waals surface area contributed by atoms with Gasteiger partial charge in [0.15, 0.2) is 0 Å². The highest BCUT2D eigenvalue weighted by molar-refractivity contribution is 5.83. The second-order valence-electron chi connectivity index (χ2n) is 4.03. The molecule has 0 atom stereocenters. The fourth-order valence-corrected chi connectivity index (χ4v) is 1.68. The van der Waals surface area contributed by atoms with Crippen molar-refractivity contribution >= 4 is 12.2 Å². The fourth-order valence-electron chi connectivity index (χ4n) is 1.68. The van der Waals surface area contributed by atoms with Gasteiger partial charge < -0.3 is 4.74 Å². The van der Waals surface area contributed by atoms with Crippen LogP contribution in [0.2, 0.25) is 0 Å². The van der Waals surface area contributed by atoms with E-state index in [0.29, 0.717) is 0 Å². The molecule has 0 unspecified atom stereocenters. The van der Waals surface area contributed by atoms with Gasteiger partial charge in [-0.2, -0.15) is 0 Å². The molecule has 0 aliphatic carbocycles. The van der Waals surface area contributed by atoms with E-state index in [0.717, 1.165) is 11.1 Å². The molecule has 3 nitrogen and oxygen atoms in total. The molecule has 0 radical (unpaired) electrons. The lowest BCUT2D eigenvalue weighted by Gasteiger charge is -2.01. The number of methoxy groups -OCH3 is 1. The standard InChI is InChI=1S/C16H15NO2/c1-19-16(18)12-17-11-13-7-9-15(10-8-13)14-5-3-2-4-6-14/h2-11H,12H2,1H3. The van der Waals surface area contributed by atoms with Gasteiger partial charge in [-0.15, -0.1) is 0 Å². The molecule has 0 spiro atoms. The molecule has 0 fully saturated rings. The Hall–Kier alpha value is -2.42. The van der Waals surface area contributed by atoms with Crippen LogP contribution in [-0.2, 0) is 9.53 Å². The van der Waals surface area contributed by atoms with Crippen molar-refractivity contribution in [3.05, 3.63) is 60.2 Å². The quantitative estimate of drug-likeness (QED) is 0.620. The molecule has 0 N–H and O–H groups in total. The van der Waals surface area contributed by atoms with E-state index in [4.69, 9.17) is 0 Å². The van der Waals surface area contributed by atoms with Crippen molar-refractivity contribution in [2.75, 3.05) is 13.7 Å². The van der Waals surface area contributed by atoms with E-state index in [9.17, 15) is 4.79 Å². The molecule has 0 aromatic heterocycles. The molecule has 0 amide bonds. The highest BCUT2D eigenvalue weighted by Gasteiger charge is 1.97. The van der Waals surface area contributed by atoms with E-state index >= 15 is 0 Å². The average Bonchev–Trinajstić information content (AvgIpc) is 2.48. The normalized spacial score (nSPS) is 10.6. The van der Waals surface area contributed by atoms with Crippen LogP contribution in [0, 0.1) is 0 Å². The third-order valence-electron chi connectivity index (χ3n) is 2.71. The lowest BCUT2D eigenvalue weighted by molar-refractivity contribution is -0.138. The first-order chi connectivity index (χ1) is 9.29. The van der Waals surface area contributed by atoms with Crippen molar-refractivity contribution in [1.29, 1.82) is 0 Å². The molecule has 0 heterocycles. The number of rotatable bonds is 4. The lowest BCUT2D eigenvalue weighted by Crippen LogP contribution is -2.04. The molecular weight excluding hydrogens is 238 g/mol. The van der Waals surface area contributed by atoms with Gasteiger partial charge in [-0.05, 0) is 16.7 Å². The van der Waals surface area contributed by atoms with Gasteiger partial charge in [0.2, 0.25) is 0 Å². The molecule has 0 bridgehead atoms. The van der Waals surface area contributed by atoms with Crippen molar-refractivity contribution in [2.24, 2.45) is 4.99 Å².